The first-order valence-corrected chi connectivity index (χ1v) is 19.5. The molecule has 2 aliphatic heterocycles. The lowest BCUT2D eigenvalue weighted by atomic mass is 9.96. The lowest BCUT2D eigenvalue weighted by molar-refractivity contribution is -0.362. The van der Waals surface area contributed by atoms with Crippen LogP contribution in [0.25, 0.3) is 0 Å². The predicted octanol–water partition coefficient (Wildman–Crippen LogP) is 6.70. The summed E-state index contributed by atoms with van der Waals surface area (Å²) in [4.78, 5) is 41.3. The van der Waals surface area contributed by atoms with Gasteiger partial charge in [0, 0.05) is 0 Å². The SMILES string of the molecule is C[C@@H]1O[C@@H](O)[C@H](O[C@@H]2O[C@@H](C)[C@H](OC(=O)c3ccccc3)[C@@H](OC(=O)c3ccccc3)[C@H]2OC(=O)c2ccccc2)[C@H](OCc2ccccc2)[C@H]1OCc1ccccc1. The first-order valence-electron chi connectivity index (χ1n) is 19.5. The van der Waals surface area contributed by atoms with E-state index in [0.717, 1.165) is 11.1 Å². The number of ether oxygens (including phenoxy) is 8. The summed E-state index contributed by atoms with van der Waals surface area (Å²) in [5.74, 6) is -2.30. The van der Waals surface area contributed by atoms with Crippen LogP contribution >= 0.6 is 0 Å². The van der Waals surface area contributed by atoms with E-state index in [1.807, 2.05) is 60.7 Å². The fourth-order valence-electron chi connectivity index (χ4n) is 7.05. The van der Waals surface area contributed by atoms with Crippen LogP contribution in [0.5, 0.6) is 0 Å². The van der Waals surface area contributed by atoms with Crippen molar-refractivity contribution in [2.24, 2.45) is 0 Å². The Morgan fingerprint density at radius 3 is 1.29 bits per heavy atom. The van der Waals surface area contributed by atoms with Crippen LogP contribution in [0.3, 0.4) is 0 Å². The molecule has 0 saturated carbocycles. The van der Waals surface area contributed by atoms with Crippen LogP contribution in [0.1, 0.15) is 56.0 Å². The van der Waals surface area contributed by atoms with Crippen molar-refractivity contribution < 1.29 is 57.4 Å². The van der Waals surface area contributed by atoms with Gasteiger partial charge in [0.25, 0.3) is 0 Å². The van der Waals surface area contributed by atoms with Crippen molar-refractivity contribution in [3.05, 3.63) is 179 Å². The lowest BCUT2D eigenvalue weighted by Gasteiger charge is -2.48. The van der Waals surface area contributed by atoms with Crippen molar-refractivity contribution in [1.82, 2.24) is 0 Å². The van der Waals surface area contributed by atoms with Gasteiger partial charge in [0.2, 0.25) is 0 Å². The summed E-state index contributed by atoms with van der Waals surface area (Å²) in [6, 6.07) is 43.8. The first-order chi connectivity index (χ1) is 28.7. The number of aliphatic hydroxyl groups is 1. The normalized spacial score (nSPS) is 26.6. The first kappa shape index (κ1) is 41.4. The summed E-state index contributed by atoms with van der Waals surface area (Å²) in [5.41, 5.74) is 2.38. The Hall–Kier alpha value is -5.73. The van der Waals surface area contributed by atoms with Gasteiger partial charge in [-0.05, 0) is 61.4 Å². The van der Waals surface area contributed by atoms with Crippen LogP contribution in [0, 0.1) is 0 Å². The lowest BCUT2D eigenvalue weighted by Crippen LogP contribution is -2.65. The van der Waals surface area contributed by atoms with E-state index in [1.165, 1.54) is 0 Å². The van der Waals surface area contributed by atoms with Gasteiger partial charge < -0.3 is 43.0 Å². The Balaban J connectivity index is 1.25. The molecule has 0 aromatic heterocycles. The van der Waals surface area contributed by atoms with E-state index < -0.39 is 79.3 Å². The van der Waals surface area contributed by atoms with Crippen molar-refractivity contribution in [2.45, 2.75) is 88.5 Å². The Morgan fingerprint density at radius 2 is 0.831 bits per heavy atom. The van der Waals surface area contributed by atoms with Gasteiger partial charge in [-0.25, -0.2) is 14.4 Å². The summed E-state index contributed by atoms with van der Waals surface area (Å²) < 4.78 is 50.4. The molecule has 2 heterocycles. The molecule has 7 rings (SSSR count). The minimum absolute atomic E-state index is 0.124. The molecule has 2 aliphatic rings. The molecule has 0 aliphatic carbocycles. The van der Waals surface area contributed by atoms with Gasteiger partial charge in [-0.3, -0.25) is 0 Å². The quantitative estimate of drug-likeness (QED) is 0.0942. The molecule has 2 fully saturated rings. The van der Waals surface area contributed by atoms with Crippen LogP contribution in [0.2, 0.25) is 0 Å². The van der Waals surface area contributed by atoms with Crippen LogP contribution in [-0.2, 0) is 51.1 Å². The Kier molecular flexibility index (Phi) is 13.9. The summed E-state index contributed by atoms with van der Waals surface area (Å²) in [7, 11) is 0. The average Bonchev–Trinajstić information content (AvgIpc) is 3.27. The number of benzene rings is 5. The van der Waals surface area contributed by atoms with Gasteiger partial charge >= 0.3 is 17.9 Å². The number of carbonyl (C=O) groups is 3. The molecule has 5 aromatic rings. The summed E-state index contributed by atoms with van der Waals surface area (Å²) in [5, 5.41) is 11.6. The van der Waals surface area contributed by atoms with Crippen molar-refractivity contribution in [3.8, 4) is 0 Å². The molecule has 1 N–H and O–H groups in total. The monoisotopic (exact) mass is 802 g/mol. The minimum Gasteiger partial charge on any atom is -0.452 e. The number of hydrogen-bond donors (Lipinski definition) is 1. The number of rotatable bonds is 14. The molecule has 59 heavy (non-hydrogen) atoms. The zero-order valence-electron chi connectivity index (χ0n) is 32.6. The summed E-state index contributed by atoms with van der Waals surface area (Å²) in [6.45, 7) is 3.71. The summed E-state index contributed by atoms with van der Waals surface area (Å²) in [6.07, 6.45) is -12.2. The van der Waals surface area contributed by atoms with E-state index in [-0.39, 0.29) is 29.9 Å². The predicted molar refractivity (Wildman–Crippen MR) is 213 cm³/mol. The molecule has 0 bridgehead atoms. The molecule has 10 atom stereocenters. The van der Waals surface area contributed by atoms with Gasteiger partial charge in [0.1, 0.15) is 18.3 Å². The molecule has 2 saturated heterocycles. The van der Waals surface area contributed by atoms with Gasteiger partial charge in [0.15, 0.2) is 30.9 Å². The van der Waals surface area contributed by atoms with E-state index >= 15 is 0 Å². The van der Waals surface area contributed by atoms with Crippen LogP contribution in [-0.4, -0.2) is 84.4 Å². The Bertz CT molecular complexity index is 2090. The molecule has 12 heteroatoms. The van der Waals surface area contributed by atoms with Gasteiger partial charge in [-0.1, -0.05) is 115 Å². The van der Waals surface area contributed by atoms with Crippen LogP contribution < -0.4 is 0 Å². The third kappa shape index (κ3) is 10.5. The summed E-state index contributed by atoms with van der Waals surface area (Å²) >= 11 is 0. The zero-order chi connectivity index (χ0) is 41.1. The van der Waals surface area contributed by atoms with E-state index in [9.17, 15) is 19.5 Å². The molecular formula is C47H46O12. The second kappa shape index (κ2) is 19.8. The molecule has 0 spiro atoms. The highest BCUT2D eigenvalue weighted by Gasteiger charge is 2.55. The number of esters is 3. The standard InChI is InChI=1S/C47H46O12/c1-30-37(52-28-32-18-8-3-9-19-32)39(53-29-33-20-10-4-11-21-33)41(46(51)54-30)59-47-42(58-45(50)36-26-16-7-17-27-36)40(57-44(49)35-24-14-6-15-25-35)38(31(2)55-47)56-43(48)34-22-12-5-13-23-34/h3-27,30-31,37-42,46-47,51H,28-29H2,1-2H3/t30-,31-,37-,38-,39+,40+,41+,42+,46+,47-/m0/s1. The Labute approximate surface area is 342 Å². The zero-order valence-corrected chi connectivity index (χ0v) is 32.6. The Morgan fingerprint density at radius 1 is 0.458 bits per heavy atom. The fraction of sp³-hybridized carbons (Fsp3) is 0.298. The fourth-order valence-corrected chi connectivity index (χ4v) is 7.05. The van der Waals surface area contributed by atoms with Gasteiger partial charge in [-0.15, -0.1) is 0 Å². The highest BCUT2D eigenvalue weighted by molar-refractivity contribution is 5.91. The third-order valence-electron chi connectivity index (χ3n) is 10.1. The second-order valence-corrected chi connectivity index (χ2v) is 14.3. The molecule has 306 valence electrons. The molecule has 5 aromatic carbocycles. The average molecular weight is 803 g/mol. The van der Waals surface area contributed by atoms with Gasteiger partial charge in [0.05, 0.1) is 42.1 Å². The van der Waals surface area contributed by atoms with Crippen molar-refractivity contribution in [3.63, 3.8) is 0 Å². The molecule has 0 amide bonds. The number of hydrogen-bond acceptors (Lipinski definition) is 12. The molecule has 12 nitrogen and oxygen atoms in total. The highest BCUT2D eigenvalue weighted by atomic mass is 16.8. The van der Waals surface area contributed by atoms with E-state index in [2.05, 4.69) is 0 Å². The number of aliphatic hydroxyl groups excluding tert-OH is 1. The molecule has 0 radical (unpaired) electrons. The highest BCUT2D eigenvalue weighted by Crippen LogP contribution is 2.35. The van der Waals surface area contributed by atoms with E-state index in [0.29, 0.717) is 0 Å². The van der Waals surface area contributed by atoms with Crippen molar-refractivity contribution >= 4 is 17.9 Å². The maximum Gasteiger partial charge on any atom is 0.338 e. The largest absolute Gasteiger partial charge is 0.452 e. The molecular weight excluding hydrogens is 757 g/mol. The number of carbonyl (C=O) groups excluding carboxylic acids is 3. The van der Waals surface area contributed by atoms with Gasteiger partial charge in [-0.2, -0.15) is 0 Å². The topological polar surface area (TPSA) is 145 Å². The van der Waals surface area contributed by atoms with Crippen LogP contribution in [0.4, 0.5) is 0 Å². The minimum atomic E-state index is -1.58. The van der Waals surface area contributed by atoms with Crippen molar-refractivity contribution in [1.29, 1.82) is 0 Å². The van der Waals surface area contributed by atoms with E-state index in [1.54, 1.807) is 105 Å². The van der Waals surface area contributed by atoms with E-state index in [4.69, 9.17) is 37.9 Å². The van der Waals surface area contributed by atoms with Crippen LogP contribution in [0.15, 0.2) is 152 Å². The molecule has 0 unspecified atom stereocenters. The maximum atomic E-state index is 13.9. The van der Waals surface area contributed by atoms with Crippen molar-refractivity contribution in [2.75, 3.05) is 0 Å². The maximum absolute atomic E-state index is 13.9. The second-order valence-electron chi connectivity index (χ2n) is 14.3. The smallest absolute Gasteiger partial charge is 0.338 e. The third-order valence-corrected chi connectivity index (χ3v) is 10.1.